The van der Waals surface area contributed by atoms with Gasteiger partial charge in [0.15, 0.2) is 0 Å². The van der Waals surface area contributed by atoms with Crippen LogP contribution < -0.4 is 0 Å². The molecule has 0 aliphatic heterocycles. The van der Waals surface area contributed by atoms with Crippen molar-refractivity contribution in [2.75, 3.05) is 6.61 Å². The molecule has 1 atom stereocenters. The molecule has 0 amide bonds. The van der Waals surface area contributed by atoms with Gasteiger partial charge in [0.2, 0.25) is 0 Å². The topological polar surface area (TPSA) is 29.5 Å². The average Bonchev–Trinajstić information content (AvgIpc) is 1.79. The summed E-state index contributed by atoms with van der Waals surface area (Å²) in [6.07, 6.45) is 0. The highest BCUT2D eigenvalue weighted by Crippen LogP contribution is 2.30. The number of nitrogens with zero attached hydrogens (tertiary/aromatic N) is 1. The minimum absolute atomic E-state index is 0.408. The lowest BCUT2D eigenvalue weighted by Crippen LogP contribution is -2.50. The quantitative estimate of drug-likeness (QED) is 0.329. The van der Waals surface area contributed by atoms with Gasteiger partial charge in [-0.2, -0.15) is 5.21 Å². The zero-order chi connectivity index (χ0) is 10.9. The molecule has 7 heteroatoms. The smallest absolute Gasteiger partial charge is 0.242 e. The Kier molecular flexibility index (Phi) is 3.65. The van der Waals surface area contributed by atoms with Gasteiger partial charge in [0, 0.05) is 0 Å². The molecule has 0 saturated carbocycles. The highest BCUT2D eigenvalue weighted by atomic mass is 32.1. The summed E-state index contributed by atoms with van der Waals surface area (Å²) in [5.41, 5.74) is -1.81. The predicted octanol–water partition coefficient (Wildman–Crippen LogP) is 2.33. The van der Waals surface area contributed by atoms with E-state index in [0.29, 0.717) is 6.92 Å². The number of hydrogen-bond acceptors (Lipinski definition) is 3. The molecule has 0 bridgehead atoms. The van der Waals surface area contributed by atoms with Crippen molar-refractivity contribution < 1.29 is 27.4 Å². The monoisotopic (exact) mass is 220 g/mol. The third kappa shape index (κ3) is 4.70. The molecule has 0 aromatic rings. The van der Waals surface area contributed by atoms with Crippen LogP contribution >= 0.6 is 12.8 Å². The van der Waals surface area contributed by atoms with Crippen LogP contribution in [0.2, 0.25) is 0 Å². The molecule has 0 fully saturated rings. The molecular weight excluding hydrogens is 207 g/mol. The second kappa shape index (κ2) is 3.64. The Morgan fingerprint density at radius 2 is 1.69 bits per heavy atom. The van der Waals surface area contributed by atoms with Gasteiger partial charge in [-0.3, -0.25) is 0 Å². The first-order valence-corrected chi connectivity index (χ1v) is 3.92. The van der Waals surface area contributed by atoms with E-state index in [0.717, 1.165) is 13.8 Å². The van der Waals surface area contributed by atoms with Gasteiger partial charge in [-0.1, -0.05) is 0 Å². The van der Waals surface area contributed by atoms with E-state index >= 15 is 0 Å². The summed E-state index contributed by atoms with van der Waals surface area (Å²) in [4.78, 5) is 4.19. The van der Waals surface area contributed by atoms with Gasteiger partial charge >= 0.3 is 6.05 Å². The standard InChI is InChI=1S/C6H13F3NO2S/c1-5(2,7)4-12-10(11,13)6(3,8)9/h11,13H,4H2,1-3H3/q+1. The largest absolute Gasteiger partial charge is 0.458 e. The van der Waals surface area contributed by atoms with Crippen LogP contribution in [0.4, 0.5) is 13.2 Å². The minimum Gasteiger partial charge on any atom is -0.242 e. The molecule has 0 saturated heterocycles. The third-order valence-corrected chi connectivity index (χ3v) is 1.57. The maximum Gasteiger partial charge on any atom is 0.458 e. The molecule has 0 rings (SSSR count). The zero-order valence-corrected chi connectivity index (χ0v) is 8.49. The van der Waals surface area contributed by atoms with E-state index in [1.54, 1.807) is 0 Å². The molecule has 0 aromatic carbocycles. The molecule has 0 radical (unpaired) electrons. The lowest BCUT2D eigenvalue weighted by molar-refractivity contribution is -1.20. The lowest BCUT2D eigenvalue weighted by Gasteiger charge is -2.26. The van der Waals surface area contributed by atoms with Crippen LogP contribution in [-0.2, 0) is 4.84 Å². The van der Waals surface area contributed by atoms with E-state index in [-0.39, 0.29) is 0 Å². The molecule has 1 N–H and O–H groups in total. The lowest BCUT2D eigenvalue weighted by atomic mass is 10.2. The highest BCUT2D eigenvalue weighted by molar-refractivity contribution is 7.74. The van der Waals surface area contributed by atoms with Gasteiger partial charge in [-0.05, 0) is 13.8 Å². The number of hydrogen-bond donors (Lipinski definition) is 2. The van der Waals surface area contributed by atoms with Gasteiger partial charge in [0.05, 0.1) is 11.1 Å². The normalized spacial score (nSPS) is 18.5. The van der Waals surface area contributed by atoms with Gasteiger partial charge in [0.1, 0.15) is 25.1 Å². The van der Waals surface area contributed by atoms with E-state index in [9.17, 15) is 13.2 Å². The SMILES string of the molecule is CC(C)(F)CO[N+](O)(S)C(C)(F)F. The van der Waals surface area contributed by atoms with Gasteiger partial charge in [-0.25, -0.2) is 4.39 Å². The number of thiol groups is 1. The molecule has 0 spiro atoms. The summed E-state index contributed by atoms with van der Waals surface area (Å²) < 4.78 is 35.5. The Morgan fingerprint density at radius 3 is 1.92 bits per heavy atom. The average molecular weight is 220 g/mol. The van der Waals surface area contributed by atoms with Crippen molar-refractivity contribution in [1.29, 1.82) is 0 Å². The molecule has 0 aliphatic rings. The summed E-state index contributed by atoms with van der Waals surface area (Å²) >= 11 is 3.13. The molecule has 0 aromatic heterocycles. The van der Waals surface area contributed by atoms with Crippen LogP contribution in [0.1, 0.15) is 20.8 Å². The first-order valence-electron chi connectivity index (χ1n) is 3.52. The van der Waals surface area contributed by atoms with Gasteiger partial charge in [-0.15, -0.1) is 13.6 Å². The first-order chi connectivity index (χ1) is 5.46. The summed E-state index contributed by atoms with van der Waals surface area (Å²) in [6, 6.07) is -3.62. The van der Waals surface area contributed by atoms with Crippen LogP contribution in [0.3, 0.4) is 0 Å². The van der Waals surface area contributed by atoms with Gasteiger partial charge < -0.3 is 0 Å². The van der Waals surface area contributed by atoms with Crippen LogP contribution in [0.15, 0.2) is 0 Å². The Morgan fingerprint density at radius 1 is 1.31 bits per heavy atom. The van der Waals surface area contributed by atoms with Gasteiger partial charge in [0.25, 0.3) is 0 Å². The van der Waals surface area contributed by atoms with Crippen LogP contribution in [0, 0.1) is 0 Å². The minimum atomic E-state index is -3.62. The Balaban J connectivity index is 4.21. The van der Waals surface area contributed by atoms with Crippen molar-refractivity contribution in [3.05, 3.63) is 0 Å². The second-order valence-electron chi connectivity index (χ2n) is 3.38. The van der Waals surface area contributed by atoms with Crippen molar-refractivity contribution in [2.45, 2.75) is 32.5 Å². The molecule has 0 heterocycles. The summed E-state index contributed by atoms with van der Waals surface area (Å²) in [5, 5.41) is 8.88. The maximum absolute atomic E-state index is 12.8. The van der Waals surface area contributed by atoms with Crippen molar-refractivity contribution in [2.24, 2.45) is 0 Å². The molecular formula is C6H13F3NO2S+. The van der Waals surface area contributed by atoms with Crippen molar-refractivity contribution in [3.8, 4) is 0 Å². The third-order valence-electron chi connectivity index (χ3n) is 1.10. The van der Waals surface area contributed by atoms with Crippen LogP contribution in [0.5, 0.6) is 0 Å². The van der Waals surface area contributed by atoms with E-state index in [1.807, 2.05) is 0 Å². The number of halogens is 3. The Labute approximate surface area is 80.1 Å². The van der Waals surface area contributed by atoms with Crippen molar-refractivity contribution in [3.63, 3.8) is 0 Å². The molecule has 80 valence electrons. The number of quaternary nitrogens is 1. The first kappa shape index (κ1) is 13.0. The second-order valence-corrected chi connectivity index (χ2v) is 3.92. The van der Waals surface area contributed by atoms with E-state index in [4.69, 9.17) is 5.21 Å². The van der Waals surface area contributed by atoms with E-state index < -0.39 is 22.5 Å². The fraction of sp³-hybridized carbons (Fsp3) is 1.00. The zero-order valence-electron chi connectivity index (χ0n) is 7.59. The Bertz CT molecular complexity index is 176. The number of alkyl halides is 3. The molecule has 3 nitrogen and oxygen atoms in total. The molecule has 0 aliphatic carbocycles. The van der Waals surface area contributed by atoms with Crippen LogP contribution in [0.25, 0.3) is 0 Å². The molecule has 13 heavy (non-hydrogen) atoms. The van der Waals surface area contributed by atoms with E-state index in [1.165, 1.54) is 0 Å². The summed E-state index contributed by atoms with van der Waals surface area (Å²) in [6.45, 7) is 1.99. The maximum atomic E-state index is 12.8. The van der Waals surface area contributed by atoms with Crippen LogP contribution in [-0.4, -0.2) is 27.7 Å². The summed E-state index contributed by atoms with van der Waals surface area (Å²) in [7, 11) is 0. The fourth-order valence-corrected chi connectivity index (χ4v) is 0.415. The van der Waals surface area contributed by atoms with Crippen molar-refractivity contribution >= 4 is 12.8 Å². The summed E-state index contributed by atoms with van der Waals surface area (Å²) in [5.74, 6) is 0. The predicted molar refractivity (Wildman–Crippen MR) is 42.8 cm³/mol. The highest BCUT2D eigenvalue weighted by Gasteiger charge is 2.51. The Hall–Kier alpha value is 0.0200. The van der Waals surface area contributed by atoms with Crippen molar-refractivity contribution in [1.82, 2.24) is 0 Å². The number of hydroxylamine groups is 2. The molecule has 1 unspecified atom stereocenters. The van der Waals surface area contributed by atoms with E-state index in [2.05, 4.69) is 17.7 Å². The fourth-order valence-electron chi connectivity index (χ4n) is 0.357. The number of rotatable bonds is 4.